The van der Waals surface area contributed by atoms with Gasteiger partial charge in [0.2, 0.25) is 0 Å². The third kappa shape index (κ3) is 3.34. The van der Waals surface area contributed by atoms with Gasteiger partial charge in [0.1, 0.15) is 5.82 Å². The molecule has 1 saturated carbocycles. The number of ether oxygens (including phenoxy) is 2. The van der Waals surface area contributed by atoms with Crippen LogP contribution >= 0.6 is 11.6 Å². The van der Waals surface area contributed by atoms with Gasteiger partial charge in [-0.25, -0.2) is 0 Å². The number of rotatable bonds is 3. The largest absolute Gasteiger partial charge is 0.376 e. The number of carbonyl (C=O) groups is 1. The standard InChI is InChI=1S/C16H21ClN4O3/c17-14-1-2-15(20-19-14)18-12-5-10-7-21(8-11(10)6-12)16(22)13-9-23-3-4-24-13/h1-2,10-13H,3-9H2,(H,18,20)/t10-,11+,12?,13-/m0/s1. The molecular formula is C16H21ClN4O3. The number of carbonyl (C=O) groups excluding carboxylic acids is 1. The van der Waals surface area contributed by atoms with Crippen molar-refractivity contribution in [3.8, 4) is 0 Å². The van der Waals surface area contributed by atoms with E-state index in [1.165, 1.54) is 0 Å². The van der Waals surface area contributed by atoms with Crippen molar-refractivity contribution in [1.29, 1.82) is 0 Å². The van der Waals surface area contributed by atoms with Crippen molar-refractivity contribution in [2.45, 2.75) is 25.0 Å². The first kappa shape index (κ1) is 16.1. The molecule has 2 aliphatic heterocycles. The second-order valence-corrected chi connectivity index (χ2v) is 7.14. The van der Waals surface area contributed by atoms with Gasteiger partial charge in [0.25, 0.3) is 5.91 Å². The molecule has 0 aromatic carbocycles. The van der Waals surface area contributed by atoms with Gasteiger partial charge >= 0.3 is 0 Å². The average Bonchev–Trinajstić information content (AvgIpc) is 3.15. The van der Waals surface area contributed by atoms with E-state index in [2.05, 4.69) is 15.5 Å². The fraction of sp³-hybridized carbons (Fsp3) is 0.688. The number of hydrogen-bond acceptors (Lipinski definition) is 6. The molecule has 4 atom stereocenters. The summed E-state index contributed by atoms with van der Waals surface area (Å²) in [5.41, 5.74) is 0. The lowest BCUT2D eigenvalue weighted by atomic mass is 10.0. The lowest BCUT2D eigenvalue weighted by Gasteiger charge is -2.27. The van der Waals surface area contributed by atoms with E-state index in [0.717, 1.165) is 31.7 Å². The molecule has 1 aromatic heterocycles. The third-order valence-corrected chi connectivity index (χ3v) is 5.34. The summed E-state index contributed by atoms with van der Waals surface area (Å²) in [6.07, 6.45) is 1.66. The van der Waals surface area contributed by atoms with E-state index in [4.69, 9.17) is 21.1 Å². The number of amides is 1. The zero-order chi connectivity index (χ0) is 16.5. The van der Waals surface area contributed by atoms with Gasteiger partial charge in [-0.3, -0.25) is 4.79 Å². The highest BCUT2D eigenvalue weighted by Crippen LogP contribution is 2.39. The van der Waals surface area contributed by atoms with Crippen molar-refractivity contribution < 1.29 is 14.3 Å². The molecule has 3 aliphatic rings. The molecule has 1 N–H and O–H groups in total. The molecule has 1 amide bonds. The molecule has 24 heavy (non-hydrogen) atoms. The van der Waals surface area contributed by atoms with Crippen LogP contribution < -0.4 is 5.32 Å². The van der Waals surface area contributed by atoms with Crippen LogP contribution in [0.4, 0.5) is 5.82 Å². The van der Waals surface area contributed by atoms with Gasteiger partial charge in [-0.1, -0.05) is 11.6 Å². The van der Waals surface area contributed by atoms with Crippen molar-refractivity contribution >= 4 is 23.3 Å². The highest BCUT2D eigenvalue weighted by molar-refractivity contribution is 6.29. The van der Waals surface area contributed by atoms with Crippen molar-refractivity contribution in [1.82, 2.24) is 15.1 Å². The van der Waals surface area contributed by atoms with Crippen LogP contribution in [0.1, 0.15) is 12.8 Å². The number of hydrogen-bond donors (Lipinski definition) is 1. The summed E-state index contributed by atoms with van der Waals surface area (Å²) in [6, 6.07) is 3.96. The van der Waals surface area contributed by atoms with Crippen LogP contribution in [0.15, 0.2) is 12.1 Å². The van der Waals surface area contributed by atoms with Crippen LogP contribution in [0.2, 0.25) is 5.15 Å². The Morgan fingerprint density at radius 1 is 1.21 bits per heavy atom. The Morgan fingerprint density at radius 2 is 2.00 bits per heavy atom. The van der Waals surface area contributed by atoms with E-state index in [0.29, 0.717) is 42.9 Å². The van der Waals surface area contributed by atoms with Crippen LogP contribution in [0, 0.1) is 11.8 Å². The molecule has 0 radical (unpaired) electrons. The fourth-order valence-corrected chi connectivity index (χ4v) is 4.13. The summed E-state index contributed by atoms with van der Waals surface area (Å²) in [4.78, 5) is 14.5. The maximum Gasteiger partial charge on any atom is 0.254 e. The van der Waals surface area contributed by atoms with E-state index in [1.54, 1.807) is 6.07 Å². The number of aromatic nitrogens is 2. The summed E-state index contributed by atoms with van der Waals surface area (Å²) in [7, 11) is 0. The molecule has 0 bridgehead atoms. The van der Waals surface area contributed by atoms with Gasteiger partial charge in [0, 0.05) is 19.1 Å². The molecule has 130 valence electrons. The first-order valence-electron chi connectivity index (χ1n) is 8.43. The molecule has 0 spiro atoms. The Morgan fingerprint density at radius 3 is 2.62 bits per heavy atom. The summed E-state index contributed by atoms with van der Waals surface area (Å²) >= 11 is 5.76. The minimum absolute atomic E-state index is 0.0807. The Bertz CT molecular complexity index is 579. The second-order valence-electron chi connectivity index (χ2n) is 6.75. The molecule has 1 unspecified atom stereocenters. The van der Waals surface area contributed by atoms with E-state index >= 15 is 0 Å². The van der Waals surface area contributed by atoms with Crippen LogP contribution in [-0.2, 0) is 14.3 Å². The Labute approximate surface area is 145 Å². The fourth-order valence-electron chi connectivity index (χ4n) is 4.03. The number of nitrogens with zero attached hydrogens (tertiary/aromatic N) is 3. The topological polar surface area (TPSA) is 76.6 Å². The SMILES string of the molecule is O=C([C@@H]1COCCO1)N1C[C@H]2CC(Nc3ccc(Cl)nn3)C[C@H]2C1. The molecule has 8 heteroatoms. The van der Waals surface area contributed by atoms with Crippen LogP contribution in [0.3, 0.4) is 0 Å². The monoisotopic (exact) mass is 352 g/mol. The maximum absolute atomic E-state index is 12.5. The Hall–Kier alpha value is -1.44. The van der Waals surface area contributed by atoms with E-state index < -0.39 is 6.10 Å². The van der Waals surface area contributed by atoms with E-state index in [1.807, 2.05) is 11.0 Å². The van der Waals surface area contributed by atoms with Crippen molar-refractivity contribution in [3.05, 3.63) is 17.3 Å². The first-order valence-corrected chi connectivity index (χ1v) is 8.81. The van der Waals surface area contributed by atoms with E-state index in [-0.39, 0.29) is 5.91 Å². The highest BCUT2D eigenvalue weighted by atomic mass is 35.5. The van der Waals surface area contributed by atoms with Crippen molar-refractivity contribution in [2.24, 2.45) is 11.8 Å². The zero-order valence-electron chi connectivity index (χ0n) is 13.4. The van der Waals surface area contributed by atoms with Gasteiger partial charge in [-0.05, 0) is 36.8 Å². The molecule has 1 aromatic rings. The summed E-state index contributed by atoms with van der Waals surface area (Å²) in [5, 5.41) is 11.7. The van der Waals surface area contributed by atoms with Crippen molar-refractivity contribution in [2.75, 3.05) is 38.2 Å². The van der Waals surface area contributed by atoms with Crippen LogP contribution in [-0.4, -0.2) is 66.1 Å². The lowest BCUT2D eigenvalue weighted by molar-refractivity contribution is -0.157. The van der Waals surface area contributed by atoms with Gasteiger partial charge in [0.15, 0.2) is 11.3 Å². The first-order chi connectivity index (χ1) is 11.7. The van der Waals surface area contributed by atoms with Gasteiger partial charge in [-0.2, -0.15) is 0 Å². The summed E-state index contributed by atoms with van der Waals surface area (Å²) < 4.78 is 10.9. The van der Waals surface area contributed by atoms with Crippen molar-refractivity contribution in [3.63, 3.8) is 0 Å². The summed E-state index contributed by atoms with van der Waals surface area (Å²) in [6.45, 7) is 3.09. The van der Waals surface area contributed by atoms with Gasteiger partial charge in [-0.15, -0.1) is 10.2 Å². The number of fused-ring (bicyclic) bond motifs is 1. The molecule has 3 heterocycles. The quantitative estimate of drug-likeness (QED) is 0.880. The number of nitrogens with one attached hydrogen (secondary N) is 1. The minimum Gasteiger partial charge on any atom is -0.376 e. The molecule has 7 nitrogen and oxygen atoms in total. The van der Waals surface area contributed by atoms with Gasteiger partial charge in [0.05, 0.1) is 19.8 Å². The predicted octanol–water partition coefficient (Wildman–Crippen LogP) is 1.19. The molecule has 3 fully saturated rings. The number of likely N-dealkylation sites (tertiary alicyclic amines) is 1. The Kier molecular flexibility index (Phi) is 4.56. The molecule has 2 saturated heterocycles. The maximum atomic E-state index is 12.5. The van der Waals surface area contributed by atoms with E-state index in [9.17, 15) is 4.79 Å². The van der Waals surface area contributed by atoms with Crippen LogP contribution in [0.25, 0.3) is 0 Å². The molecule has 1 aliphatic carbocycles. The number of halogens is 1. The third-order valence-electron chi connectivity index (χ3n) is 5.14. The van der Waals surface area contributed by atoms with Crippen LogP contribution in [0.5, 0.6) is 0 Å². The van der Waals surface area contributed by atoms with Gasteiger partial charge < -0.3 is 19.7 Å². The Balaban J connectivity index is 1.30. The number of anilines is 1. The zero-order valence-corrected chi connectivity index (χ0v) is 14.1. The smallest absolute Gasteiger partial charge is 0.254 e. The normalized spacial score (nSPS) is 32.6. The predicted molar refractivity (Wildman–Crippen MR) is 87.8 cm³/mol. The minimum atomic E-state index is -0.421. The average molecular weight is 353 g/mol. The molecular weight excluding hydrogens is 332 g/mol. The summed E-state index contributed by atoms with van der Waals surface area (Å²) in [5.74, 6) is 1.91. The lowest BCUT2D eigenvalue weighted by Crippen LogP contribution is -2.45. The highest BCUT2D eigenvalue weighted by Gasteiger charge is 2.44. The molecule has 4 rings (SSSR count). The second kappa shape index (κ2) is 6.82.